The summed E-state index contributed by atoms with van der Waals surface area (Å²) in [6.45, 7) is 0.320. The normalized spacial score (nSPS) is 22.8. The van der Waals surface area contributed by atoms with Crippen LogP contribution in [0.1, 0.15) is 28.8 Å². The topological polar surface area (TPSA) is 49.4 Å². The summed E-state index contributed by atoms with van der Waals surface area (Å²) in [6, 6.07) is 9.71. The van der Waals surface area contributed by atoms with Crippen LogP contribution in [0.25, 0.3) is 0 Å². The summed E-state index contributed by atoms with van der Waals surface area (Å²) in [7, 11) is 0. The molecule has 0 radical (unpaired) electrons. The Hall–Kier alpha value is -1.79. The Bertz CT molecular complexity index is 800. The van der Waals surface area contributed by atoms with Gasteiger partial charge in [0.2, 0.25) is 0 Å². The molecule has 1 aliphatic heterocycles. The highest BCUT2D eigenvalue weighted by molar-refractivity contribution is 7.98. The van der Waals surface area contributed by atoms with E-state index in [1.165, 1.54) is 14.7 Å². The van der Waals surface area contributed by atoms with Gasteiger partial charge in [-0.1, -0.05) is 12.1 Å². The van der Waals surface area contributed by atoms with Crippen LogP contribution in [-0.2, 0) is 23.3 Å². The highest BCUT2D eigenvalue weighted by Gasteiger charge is 2.54. The van der Waals surface area contributed by atoms with E-state index < -0.39 is 5.54 Å². The van der Waals surface area contributed by atoms with Crippen LogP contribution in [0, 0.1) is 0 Å². The predicted octanol–water partition coefficient (Wildman–Crippen LogP) is 3.75. The van der Waals surface area contributed by atoms with E-state index in [1.807, 2.05) is 42.0 Å². The number of nitrogens with one attached hydrogen (secondary N) is 1. The van der Waals surface area contributed by atoms with Gasteiger partial charge >= 0.3 is 6.03 Å². The van der Waals surface area contributed by atoms with E-state index in [0.717, 1.165) is 24.0 Å². The number of thioether (sulfide) groups is 1. The molecule has 4 nitrogen and oxygen atoms in total. The van der Waals surface area contributed by atoms with Crippen LogP contribution in [0.3, 0.4) is 0 Å². The molecule has 1 fully saturated rings. The fourth-order valence-corrected chi connectivity index (χ4v) is 5.01. The zero-order valence-corrected chi connectivity index (χ0v) is 15.0. The lowest BCUT2D eigenvalue weighted by molar-refractivity contribution is -0.132. The summed E-state index contributed by atoms with van der Waals surface area (Å²) in [6.07, 6.45) is 4.63. The molecule has 6 heteroatoms. The second-order valence-electron chi connectivity index (χ2n) is 6.19. The number of aryl methyl sites for hydroxylation is 1. The Morgan fingerprint density at radius 3 is 2.79 bits per heavy atom. The number of urea groups is 1. The third-order valence-corrected chi connectivity index (χ3v) is 6.56. The van der Waals surface area contributed by atoms with Crippen molar-refractivity contribution in [2.75, 3.05) is 6.26 Å². The standard InChI is InChI=1S/C18H18N2O2S2/c1-23-13-6-4-12(5-7-13)11-20-16(21)18(19-17(20)22)9-2-3-15-14(18)8-10-24-15/h4-8,10H,2-3,9,11H2,1H3,(H,19,22)/t18-/m1/s1. The molecule has 1 atom stereocenters. The van der Waals surface area contributed by atoms with Crippen molar-refractivity contribution in [1.82, 2.24) is 10.2 Å². The molecule has 2 aliphatic rings. The third-order valence-electron chi connectivity index (χ3n) is 4.84. The number of hydrogen-bond donors (Lipinski definition) is 1. The molecule has 3 amide bonds. The second kappa shape index (κ2) is 5.93. The van der Waals surface area contributed by atoms with Crippen molar-refractivity contribution < 1.29 is 9.59 Å². The first-order valence-corrected chi connectivity index (χ1v) is 10.1. The van der Waals surface area contributed by atoms with Gasteiger partial charge < -0.3 is 5.32 Å². The Morgan fingerprint density at radius 1 is 1.25 bits per heavy atom. The summed E-state index contributed by atoms with van der Waals surface area (Å²) in [5.74, 6) is -0.110. The van der Waals surface area contributed by atoms with Gasteiger partial charge in [0.1, 0.15) is 5.54 Å². The van der Waals surface area contributed by atoms with Gasteiger partial charge in [-0.2, -0.15) is 0 Å². The first-order chi connectivity index (χ1) is 11.6. The highest BCUT2D eigenvalue weighted by Crippen LogP contribution is 2.42. The maximum absolute atomic E-state index is 13.1. The van der Waals surface area contributed by atoms with E-state index in [-0.39, 0.29) is 11.9 Å². The molecule has 0 bridgehead atoms. The Labute approximate surface area is 149 Å². The van der Waals surface area contributed by atoms with Gasteiger partial charge in [-0.15, -0.1) is 23.1 Å². The van der Waals surface area contributed by atoms with E-state index in [0.29, 0.717) is 13.0 Å². The smallest absolute Gasteiger partial charge is 0.319 e. The largest absolute Gasteiger partial charge is 0.325 e. The Kier molecular flexibility index (Phi) is 3.89. The van der Waals surface area contributed by atoms with Crippen LogP contribution < -0.4 is 5.32 Å². The van der Waals surface area contributed by atoms with Crippen molar-refractivity contribution in [2.45, 2.75) is 36.2 Å². The number of benzene rings is 1. The maximum Gasteiger partial charge on any atom is 0.325 e. The summed E-state index contributed by atoms with van der Waals surface area (Å²) in [5.41, 5.74) is 1.12. The number of nitrogens with zero attached hydrogens (tertiary/aromatic N) is 1. The van der Waals surface area contributed by atoms with Crippen LogP contribution in [0.15, 0.2) is 40.6 Å². The van der Waals surface area contributed by atoms with Gasteiger partial charge in [0.05, 0.1) is 6.54 Å². The van der Waals surface area contributed by atoms with Crippen LogP contribution in [0.5, 0.6) is 0 Å². The van der Waals surface area contributed by atoms with Crippen LogP contribution in [-0.4, -0.2) is 23.1 Å². The second-order valence-corrected chi connectivity index (χ2v) is 8.07. The minimum absolute atomic E-state index is 0.110. The van der Waals surface area contributed by atoms with Crippen molar-refractivity contribution in [1.29, 1.82) is 0 Å². The first-order valence-electron chi connectivity index (χ1n) is 7.98. The van der Waals surface area contributed by atoms with Gasteiger partial charge in [-0.3, -0.25) is 9.69 Å². The molecule has 1 spiro atoms. The van der Waals surface area contributed by atoms with Crippen molar-refractivity contribution in [3.63, 3.8) is 0 Å². The average Bonchev–Trinajstić information content (AvgIpc) is 3.16. The van der Waals surface area contributed by atoms with Gasteiger partial charge in [-0.05, 0) is 54.7 Å². The van der Waals surface area contributed by atoms with Gasteiger partial charge in [-0.25, -0.2) is 4.79 Å². The quantitative estimate of drug-likeness (QED) is 0.671. The minimum atomic E-state index is -0.843. The van der Waals surface area contributed by atoms with E-state index in [1.54, 1.807) is 23.1 Å². The molecule has 2 aromatic rings. The van der Waals surface area contributed by atoms with Crippen molar-refractivity contribution in [2.24, 2.45) is 0 Å². The fraction of sp³-hybridized carbons (Fsp3) is 0.333. The molecule has 0 unspecified atom stereocenters. The summed E-state index contributed by atoms with van der Waals surface area (Å²) >= 11 is 3.35. The number of hydrogen-bond acceptors (Lipinski definition) is 4. The summed E-state index contributed by atoms with van der Waals surface area (Å²) < 4.78 is 0. The highest BCUT2D eigenvalue weighted by atomic mass is 32.2. The first kappa shape index (κ1) is 15.7. The van der Waals surface area contributed by atoms with Gasteiger partial charge in [0, 0.05) is 15.3 Å². The summed E-state index contributed by atoms with van der Waals surface area (Å²) in [4.78, 5) is 29.4. The number of carbonyl (C=O) groups is 2. The SMILES string of the molecule is CSc1ccc(CN2C(=O)N[C@@]3(CCCc4sccc43)C2=O)cc1. The monoisotopic (exact) mass is 358 g/mol. The zero-order chi connectivity index (χ0) is 16.7. The molecule has 24 heavy (non-hydrogen) atoms. The lowest BCUT2D eigenvalue weighted by Crippen LogP contribution is -2.46. The van der Waals surface area contributed by atoms with Crippen molar-refractivity contribution >= 4 is 35.0 Å². The minimum Gasteiger partial charge on any atom is -0.319 e. The Balaban J connectivity index is 1.63. The molecule has 4 rings (SSSR count). The molecule has 1 aliphatic carbocycles. The molecular weight excluding hydrogens is 340 g/mol. The number of imide groups is 1. The van der Waals surface area contributed by atoms with E-state index in [2.05, 4.69) is 5.32 Å². The number of fused-ring (bicyclic) bond motifs is 2. The van der Waals surface area contributed by atoms with E-state index >= 15 is 0 Å². The van der Waals surface area contributed by atoms with Gasteiger partial charge in [0.25, 0.3) is 5.91 Å². The number of amides is 3. The Morgan fingerprint density at radius 2 is 2.04 bits per heavy atom. The lowest BCUT2D eigenvalue weighted by Gasteiger charge is -2.31. The third kappa shape index (κ3) is 2.36. The molecule has 1 saturated heterocycles. The molecular formula is C18H18N2O2S2. The average molecular weight is 358 g/mol. The molecule has 2 heterocycles. The van der Waals surface area contributed by atoms with E-state index in [9.17, 15) is 9.59 Å². The molecule has 124 valence electrons. The van der Waals surface area contributed by atoms with Crippen molar-refractivity contribution in [3.8, 4) is 0 Å². The number of rotatable bonds is 3. The van der Waals surface area contributed by atoms with Crippen LogP contribution in [0.4, 0.5) is 4.79 Å². The molecule has 0 saturated carbocycles. The number of carbonyl (C=O) groups excluding carboxylic acids is 2. The van der Waals surface area contributed by atoms with Gasteiger partial charge in [0.15, 0.2) is 0 Å². The zero-order valence-electron chi connectivity index (χ0n) is 13.4. The maximum atomic E-state index is 13.1. The molecule has 1 N–H and O–H groups in total. The summed E-state index contributed by atoms with van der Waals surface area (Å²) in [5, 5.41) is 5.01. The number of thiophene rings is 1. The molecule has 1 aromatic carbocycles. The van der Waals surface area contributed by atoms with Crippen molar-refractivity contribution in [3.05, 3.63) is 51.7 Å². The lowest BCUT2D eigenvalue weighted by atomic mass is 9.80. The van der Waals surface area contributed by atoms with E-state index in [4.69, 9.17) is 0 Å². The predicted molar refractivity (Wildman–Crippen MR) is 96.2 cm³/mol. The van der Waals surface area contributed by atoms with Crippen LogP contribution >= 0.6 is 23.1 Å². The van der Waals surface area contributed by atoms with Crippen LogP contribution in [0.2, 0.25) is 0 Å². The fourth-order valence-electron chi connectivity index (χ4n) is 3.60. The molecule has 1 aromatic heterocycles.